The van der Waals surface area contributed by atoms with Crippen LogP contribution in [0.1, 0.15) is 25.0 Å². The number of hydrogen-bond donors (Lipinski definition) is 2. The number of halogens is 1. The number of benzene rings is 2. The molecular formula is C19H21ClN2O3S. The van der Waals surface area contributed by atoms with E-state index in [4.69, 9.17) is 11.6 Å². The minimum Gasteiger partial charge on any atom is -0.322 e. The Morgan fingerprint density at radius 3 is 2.35 bits per heavy atom. The molecular weight excluding hydrogens is 372 g/mol. The van der Waals surface area contributed by atoms with Crippen LogP contribution in [0.25, 0.3) is 6.08 Å². The summed E-state index contributed by atoms with van der Waals surface area (Å²) >= 11 is 5.89. The van der Waals surface area contributed by atoms with Crippen molar-refractivity contribution in [3.63, 3.8) is 0 Å². The minimum absolute atomic E-state index is 0.181. The Morgan fingerprint density at radius 1 is 1.12 bits per heavy atom. The molecule has 2 rings (SSSR count). The Bertz CT molecular complexity index is 920. The van der Waals surface area contributed by atoms with E-state index in [1.54, 1.807) is 50.3 Å². The first-order chi connectivity index (χ1) is 12.2. The molecule has 7 heteroatoms. The number of rotatable bonds is 6. The molecule has 0 aromatic heterocycles. The molecule has 0 bridgehead atoms. The number of hydrogen-bond acceptors (Lipinski definition) is 3. The van der Waals surface area contributed by atoms with Crippen LogP contribution in [0.4, 0.5) is 5.69 Å². The third-order valence-electron chi connectivity index (χ3n) is 3.45. The van der Waals surface area contributed by atoms with Gasteiger partial charge in [0.25, 0.3) is 0 Å². The summed E-state index contributed by atoms with van der Waals surface area (Å²) in [6, 6.07) is 11.3. The van der Waals surface area contributed by atoms with Crippen molar-refractivity contribution in [2.24, 2.45) is 0 Å². The normalized spacial score (nSPS) is 11.9. The summed E-state index contributed by atoms with van der Waals surface area (Å²) in [6.07, 6.45) is 3.01. The summed E-state index contributed by atoms with van der Waals surface area (Å²) in [6.45, 7) is 5.38. The summed E-state index contributed by atoms with van der Waals surface area (Å²) in [5.74, 6) is -0.284. The number of aryl methyl sites for hydroxylation is 1. The lowest BCUT2D eigenvalue weighted by molar-refractivity contribution is -0.111. The van der Waals surface area contributed by atoms with Gasteiger partial charge < -0.3 is 5.32 Å². The van der Waals surface area contributed by atoms with E-state index in [2.05, 4.69) is 10.0 Å². The van der Waals surface area contributed by atoms with Crippen LogP contribution in [0.3, 0.4) is 0 Å². The number of sulfonamides is 1. The molecule has 138 valence electrons. The van der Waals surface area contributed by atoms with E-state index in [-0.39, 0.29) is 16.8 Å². The predicted molar refractivity (Wildman–Crippen MR) is 106 cm³/mol. The van der Waals surface area contributed by atoms with E-state index < -0.39 is 10.0 Å². The second-order valence-corrected chi connectivity index (χ2v) is 8.28. The predicted octanol–water partition coefficient (Wildman–Crippen LogP) is 3.99. The second-order valence-electron chi connectivity index (χ2n) is 6.13. The lowest BCUT2D eigenvalue weighted by Gasteiger charge is -2.09. The molecule has 0 spiro atoms. The van der Waals surface area contributed by atoms with Gasteiger partial charge in [0.05, 0.1) is 4.90 Å². The maximum absolute atomic E-state index is 12.1. The smallest absolute Gasteiger partial charge is 0.248 e. The van der Waals surface area contributed by atoms with Gasteiger partial charge in [-0.25, -0.2) is 13.1 Å². The maximum atomic E-state index is 12.1. The number of anilines is 1. The SMILES string of the molecule is Cc1cc(Cl)ccc1NC(=O)/C=C/c1ccc(S(=O)(=O)NC(C)C)cc1. The van der Waals surface area contributed by atoms with E-state index in [1.165, 1.54) is 18.2 Å². The molecule has 0 heterocycles. The molecule has 2 aromatic carbocycles. The summed E-state index contributed by atoms with van der Waals surface area (Å²) < 4.78 is 26.7. The van der Waals surface area contributed by atoms with Crippen molar-refractivity contribution in [3.8, 4) is 0 Å². The highest BCUT2D eigenvalue weighted by atomic mass is 35.5. The van der Waals surface area contributed by atoms with Crippen LogP contribution in [0.5, 0.6) is 0 Å². The highest BCUT2D eigenvalue weighted by Crippen LogP contribution is 2.19. The van der Waals surface area contributed by atoms with Gasteiger partial charge in [-0.1, -0.05) is 23.7 Å². The fraction of sp³-hybridized carbons (Fsp3) is 0.211. The average molecular weight is 393 g/mol. The van der Waals surface area contributed by atoms with Crippen LogP contribution in [0.2, 0.25) is 5.02 Å². The lowest BCUT2D eigenvalue weighted by atomic mass is 10.2. The first kappa shape index (κ1) is 20.2. The molecule has 26 heavy (non-hydrogen) atoms. The fourth-order valence-corrected chi connectivity index (χ4v) is 3.73. The van der Waals surface area contributed by atoms with Crippen LogP contribution < -0.4 is 10.0 Å². The van der Waals surface area contributed by atoms with Crippen molar-refractivity contribution in [2.45, 2.75) is 31.7 Å². The highest BCUT2D eigenvalue weighted by molar-refractivity contribution is 7.89. The summed E-state index contributed by atoms with van der Waals surface area (Å²) in [5.41, 5.74) is 2.27. The van der Waals surface area contributed by atoms with Crippen molar-refractivity contribution >= 4 is 39.3 Å². The third-order valence-corrected chi connectivity index (χ3v) is 5.36. The summed E-state index contributed by atoms with van der Waals surface area (Å²) in [7, 11) is -3.52. The van der Waals surface area contributed by atoms with E-state index >= 15 is 0 Å². The molecule has 5 nitrogen and oxygen atoms in total. The Morgan fingerprint density at radius 2 is 1.77 bits per heavy atom. The molecule has 2 aromatic rings. The van der Waals surface area contributed by atoms with Crippen LogP contribution >= 0.6 is 11.6 Å². The number of nitrogens with one attached hydrogen (secondary N) is 2. The number of carbonyl (C=O) groups is 1. The zero-order chi connectivity index (χ0) is 19.3. The Kier molecular flexibility index (Phi) is 6.58. The first-order valence-electron chi connectivity index (χ1n) is 8.05. The van der Waals surface area contributed by atoms with Crippen molar-refractivity contribution in [2.75, 3.05) is 5.32 Å². The Hall–Kier alpha value is -2.15. The molecule has 0 saturated heterocycles. The molecule has 0 atom stereocenters. The van der Waals surface area contributed by atoms with Gasteiger partial charge in [0.15, 0.2) is 0 Å². The van der Waals surface area contributed by atoms with Crippen LogP contribution in [-0.2, 0) is 14.8 Å². The van der Waals surface area contributed by atoms with Gasteiger partial charge >= 0.3 is 0 Å². The van der Waals surface area contributed by atoms with Crippen molar-refractivity contribution in [1.82, 2.24) is 4.72 Å². The molecule has 0 aliphatic carbocycles. The standard InChI is InChI=1S/C19H21ClN2O3S/c1-13(2)22-26(24,25)17-8-4-15(5-9-17)6-11-19(23)21-18-10-7-16(20)12-14(18)3/h4-13,22H,1-3H3,(H,21,23)/b11-6+. The van der Waals surface area contributed by atoms with Gasteiger partial charge in [0.1, 0.15) is 0 Å². The minimum atomic E-state index is -3.52. The quantitative estimate of drug-likeness (QED) is 0.730. The molecule has 0 unspecified atom stereocenters. The van der Waals surface area contributed by atoms with E-state index in [0.717, 1.165) is 11.1 Å². The van der Waals surface area contributed by atoms with Gasteiger partial charge in [-0.05, 0) is 68.3 Å². The van der Waals surface area contributed by atoms with Gasteiger partial charge in [-0.2, -0.15) is 0 Å². The molecule has 0 fully saturated rings. The monoisotopic (exact) mass is 392 g/mol. The zero-order valence-electron chi connectivity index (χ0n) is 14.8. The van der Waals surface area contributed by atoms with Crippen molar-refractivity contribution < 1.29 is 13.2 Å². The van der Waals surface area contributed by atoms with Crippen LogP contribution in [0.15, 0.2) is 53.4 Å². The molecule has 0 radical (unpaired) electrons. The largest absolute Gasteiger partial charge is 0.322 e. The molecule has 0 saturated carbocycles. The fourth-order valence-electron chi connectivity index (χ4n) is 2.25. The highest BCUT2D eigenvalue weighted by Gasteiger charge is 2.14. The topological polar surface area (TPSA) is 75.3 Å². The van der Waals surface area contributed by atoms with Crippen LogP contribution in [0, 0.1) is 6.92 Å². The van der Waals surface area contributed by atoms with E-state index in [0.29, 0.717) is 10.7 Å². The lowest BCUT2D eigenvalue weighted by Crippen LogP contribution is -2.30. The van der Waals surface area contributed by atoms with Gasteiger partial charge in [0.2, 0.25) is 15.9 Å². The van der Waals surface area contributed by atoms with Gasteiger partial charge in [-0.15, -0.1) is 0 Å². The molecule has 0 aliphatic rings. The average Bonchev–Trinajstić information content (AvgIpc) is 2.55. The van der Waals surface area contributed by atoms with Gasteiger partial charge in [0, 0.05) is 22.8 Å². The maximum Gasteiger partial charge on any atom is 0.248 e. The van der Waals surface area contributed by atoms with Gasteiger partial charge in [-0.3, -0.25) is 4.79 Å². The zero-order valence-corrected chi connectivity index (χ0v) is 16.4. The number of carbonyl (C=O) groups excluding carboxylic acids is 1. The Balaban J connectivity index is 2.05. The third kappa shape index (κ3) is 5.69. The second kappa shape index (κ2) is 8.49. The summed E-state index contributed by atoms with van der Waals surface area (Å²) in [5, 5.41) is 3.38. The molecule has 0 aliphatic heterocycles. The van der Waals surface area contributed by atoms with Crippen molar-refractivity contribution in [1.29, 1.82) is 0 Å². The Labute approximate surface area is 159 Å². The molecule has 1 amide bonds. The first-order valence-corrected chi connectivity index (χ1v) is 9.91. The summed E-state index contributed by atoms with van der Waals surface area (Å²) in [4.78, 5) is 12.2. The number of amides is 1. The van der Waals surface area contributed by atoms with E-state index in [9.17, 15) is 13.2 Å². The van der Waals surface area contributed by atoms with Crippen LogP contribution in [-0.4, -0.2) is 20.4 Å². The van der Waals surface area contributed by atoms with Crippen molar-refractivity contribution in [3.05, 3.63) is 64.7 Å². The van der Waals surface area contributed by atoms with E-state index in [1.807, 2.05) is 6.92 Å². The molecule has 2 N–H and O–H groups in total.